The fraction of sp³-hybridized carbons (Fsp3) is 0.318. The Morgan fingerprint density at radius 1 is 1.07 bits per heavy atom. The Morgan fingerprint density at radius 2 is 1.73 bits per heavy atom. The second-order valence-corrected chi connectivity index (χ2v) is 7.45. The maximum Gasteiger partial charge on any atom is 0.261 e. The molecule has 0 atom stereocenters. The first-order chi connectivity index (χ1) is 14.6. The van der Waals surface area contributed by atoms with Crippen LogP contribution in [-0.2, 0) is 0 Å². The molecule has 8 heteroatoms. The van der Waals surface area contributed by atoms with Crippen LogP contribution < -0.4 is 9.47 Å². The summed E-state index contributed by atoms with van der Waals surface area (Å²) >= 11 is 6.23. The summed E-state index contributed by atoms with van der Waals surface area (Å²) in [6.07, 6.45) is 1.46. The van der Waals surface area contributed by atoms with Gasteiger partial charge in [-0.15, -0.1) is 0 Å². The summed E-state index contributed by atoms with van der Waals surface area (Å²) in [6, 6.07) is 12.7. The Morgan fingerprint density at radius 3 is 2.37 bits per heavy atom. The highest BCUT2D eigenvalue weighted by molar-refractivity contribution is 6.33. The number of benzene rings is 2. The normalized spacial score (nSPS) is 14.6. The lowest BCUT2D eigenvalue weighted by Gasteiger charge is -2.31. The molecule has 7 nitrogen and oxygen atoms in total. The number of carbonyl (C=O) groups is 1. The van der Waals surface area contributed by atoms with E-state index >= 15 is 0 Å². The van der Waals surface area contributed by atoms with Crippen molar-refractivity contribution in [1.82, 2.24) is 15.0 Å². The standard InChI is InChI=1S/C22H22ClN3O4/c1-28-17-8-5-9-18(29-2)19(17)22(27)26-12-10-14(11-13-26)21-24-20(25-30-21)15-6-3-4-7-16(15)23/h3-9,14H,10-13H2,1-2H3. The lowest BCUT2D eigenvalue weighted by atomic mass is 9.96. The molecule has 1 aliphatic rings. The Kier molecular flexibility index (Phi) is 5.90. The van der Waals surface area contributed by atoms with Crippen LogP contribution >= 0.6 is 11.6 Å². The van der Waals surface area contributed by atoms with Crippen LogP contribution in [0.15, 0.2) is 47.0 Å². The SMILES string of the molecule is COc1cccc(OC)c1C(=O)N1CCC(c2nc(-c3ccccc3Cl)no2)CC1. The highest BCUT2D eigenvalue weighted by Crippen LogP contribution is 2.34. The molecule has 1 aromatic heterocycles. The van der Waals surface area contributed by atoms with Gasteiger partial charge in [0.05, 0.1) is 19.2 Å². The molecular formula is C22H22ClN3O4. The molecule has 0 saturated carbocycles. The van der Waals surface area contributed by atoms with Crippen LogP contribution in [0, 0.1) is 0 Å². The van der Waals surface area contributed by atoms with Crippen molar-refractivity contribution in [2.45, 2.75) is 18.8 Å². The zero-order valence-corrected chi connectivity index (χ0v) is 17.6. The third-order valence-corrected chi connectivity index (χ3v) is 5.66. The predicted octanol–water partition coefficient (Wildman–Crippen LogP) is 4.43. The molecule has 2 heterocycles. The van der Waals surface area contributed by atoms with Gasteiger partial charge < -0.3 is 18.9 Å². The van der Waals surface area contributed by atoms with E-state index in [2.05, 4.69) is 10.1 Å². The second-order valence-electron chi connectivity index (χ2n) is 7.04. The van der Waals surface area contributed by atoms with E-state index in [-0.39, 0.29) is 11.8 Å². The van der Waals surface area contributed by atoms with E-state index in [0.717, 1.165) is 18.4 Å². The predicted molar refractivity (Wildman–Crippen MR) is 112 cm³/mol. The van der Waals surface area contributed by atoms with E-state index in [1.54, 1.807) is 38.5 Å². The monoisotopic (exact) mass is 427 g/mol. The first kappa shape index (κ1) is 20.2. The van der Waals surface area contributed by atoms with Crippen LogP contribution in [0.4, 0.5) is 0 Å². The number of hydrogen-bond donors (Lipinski definition) is 0. The van der Waals surface area contributed by atoms with Gasteiger partial charge in [-0.05, 0) is 37.1 Å². The number of nitrogens with zero attached hydrogens (tertiary/aromatic N) is 3. The summed E-state index contributed by atoms with van der Waals surface area (Å²) in [4.78, 5) is 19.5. The molecule has 30 heavy (non-hydrogen) atoms. The average molecular weight is 428 g/mol. The molecule has 4 rings (SSSR count). The zero-order valence-electron chi connectivity index (χ0n) is 16.8. The van der Waals surface area contributed by atoms with E-state index in [1.807, 2.05) is 23.1 Å². The van der Waals surface area contributed by atoms with Crippen molar-refractivity contribution in [2.75, 3.05) is 27.3 Å². The largest absolute Gasteiger partial charge is 0.496 e. The first-order valence-electron chi connectivity index (χ1n) is 9.71. The van der Waals surface area contributed by atoms with Crippen LogP contribution in [0.2, 0.25) is 5.02 Å². The first-order valence-corrected chi connectivity index (χ1v) is 10.1. The molecule has 1 fully saturated rings. The molecule has 3 aromatic rings. The summed E-state index contributed by atoms with van der Waals surface area (Å²) in [5.74, 6) is 2.05. The van der Waals surface area contributed by atoms with Crippen molar-refractivity contribution in [2.24, 2.45) is 0 Å². The molecule has 1 amide bonds. The number of piperidine rings is 1. The third kappa shape index (κ3) is 3.85. The fourth-order valence-corrected chi connectivity index (χ4v) is 3.92. The maximum atomic E-state index is 13.1. The lowest BCUT2D eigenvalue weighted by Crippen LogP contribution is -2.38. The van der Waals surface area contributed by atoms with Crippen LogP contribution in [0.5, 0.6) is 11.5 Å². The molecule has 0 aliphatic carbocycles. The van der Waals surface area contributed by atoms with Crippen molar-refractivity contribution >= 4 is 17.5 Å². The third-order valence-electron chi connectivity index (χ3n) is 5.33. The number of halogens is 1. The Balaban J connectivity index is 1.46. The van der Waals surface area contributed by atoms with Gasteiger partial charge in [-0.1, -0.05) is 35.0 Å². The van der Waals surface area contributed by atoms with Crippen LogP contribution in [0.25, 0.3) is 11.4 Å². The molecule has 0 spiro atoms. The maximum absolute atomic E-state index is 13.1. The average Bonchev–Trinajstić information content (AvgIpc) is 3.28. The molecular weight excluding hydrogens is 406 g/mol. The fourth-order valence-electron chi connectivity index (χ4n) is 3.70. The summed E-state index contributed by atoms with van der Waals surface area (Å²) in [5, 5.41) is 4.67. The summed E-state index contributed by atoms with van der Waals surface area (Å²) < 4.78 is 16.2. The summed E-state index contributed by atoms with van der Waals surface area (Å²) in [7, 11) is 3.09. The zero-order chi connectivity index (χ0) is 21.1. The molecule has 156 valence electrons. The quantitative estimate of drug-likeness (QED) is 0.599. The lowest BCUT2D eigenvalue weighted by molar-refractivity contribution is 0.0697. The van der Waals surface area contributed by atoms with Gasteiger partial charge in [-0.2, -0.15) is 4.98 Å². The highest BCUT2D eigenvalue weighted by Gasteiger charge is 2.30. The van der Waals surface area contributed by atoms with Crippen LogP contribution in [-0.4, -0.2) is 48.3 Å². The van der Waals surface area contributed by atoms with E-state index in [1.165, 1.54) is 0 Å². The van der Waals surface area contributed by atoms with Gasteiger partial charge in [0.1, 0.15) is 17.1 Å². The Hall–Kier alpha value is -3.06. The number of rotatable bonds is 5. The molecule has 0 N–H and O–H groups in total. The Labute approximate surface area is 179 Å². The van der Waals surface area contributed by atoms with Gasteiger partial charge in [0.2, 0.25) is 11.7 Å². The number of ether oxygens (including phenoxy) is 2. The topological polar surface area (TPSA) is 77.7 Å². The van der Waals surface area contributed by atoms with Gasteiger partial charge in [0.25, 0.3) is 5.91 Å². The number of amides is 1. The van der Waals surface area contributed by atoms with Crippen molar-refractivity contribution in [3.05, 3.63) is 58.9 Å². The molecule has 2 aromatic carbocycles. The van der Waals surface area contributed by atoms with Crippen molar-refractivity contribution in [3.8, 4) is 22.9 Å². The van der Waals surface area contributed by atoms with E-state index < -0.39 is 0 Å². The van der Waals surface area contributed by atoms with Crippen LogP contribution in [0.1, 0.15) is 35.0 Å². The van der Waals surface area contributed by atoms with Gasteiger partial charge in [0.15, 0.2) is 0 Å². The van der Waals surface area contributed by atoms with Crippen molar-refractivity contribution < 1.29 is 18.8 Å². The van der Waals surface area contributed by atoms with E-state index in [0.29, 0.717) is 46.9 Å². The molecule has 0 radical (unpaired) electrons. The number of hydrogen-bond acceptors (Lipinski definition) is 6. The summed E-state index contributed by atoms with van der Waals surface area (Å²) in [6.45, 7) is 1.16. The number of likely N-dealkylation sites (tertiary alicyclic amines) is 1. The van der Waals surface area contributed by atoms with E-state index in [9.17, 15) is 4.79 Å². The van der Waals surface area contributed by atoms with E-state index in [4.69, 9.17) is 25.6 Å². The number of aromatic nitrogens is 2. The van der Waals surface area contributed by atoms with Crippen molar-refractivity contribution in [3.63, 3.8) is 0 Å². The van der Waals surface area contributed by atoms with Crippen molar-refractivity contribution in [1.29, 1.82) is 0 Å². The molecule has 1 aliphatic heterocycles. The summed E-state index contributed by atoms with van der Waals surface area (Å²) in [5.41, 5.74) is 1.18. The highest BCUT2D eigenvalue weighted by atomic mass is 35.5. The van der Waals surface area contributed by atoms with Gasteiger partial charge in [-0.3, -0.25) is 4.79 Å². The van der Waals surface area contributed by atoms with Gasteiger partial charge in [-0.25, -0.2) is 0 Å². The number of carbonyl (C=O) groups excluding carboxylic acids is 1. The molecule has 0 bridgehead atoms. The molecule has 1 saturated heterocycles. The van der Waals surface area contributed by atoms with Gasteiger partial charge >= 0.3 is 0 Å². The minimum atomic E-state index is -0.106. The number of methoxy groups -OCH3 is 2. The second kappa shape index (κ2) is 8.75. The minimum absolute atomic E-state index is 0.0948. The Bertz CT molecular complexity index is 1020. The van der Waals surface area contributed by atoms with Gasteiger partial charge in [0, 0.05) is 24.6 Å². The van der Waals surface area contributed by atoms with Crippen LogP contribution in [0.3, 0.4) is 0 Å². The molecule has 0 unspecified atom stereocenters. The smallest absolute Gasteiger partial charge is 0.261 e. The minimum Gasteiger partial charge on any atom is -0.496 e.